The number of nitrogens with two attached hydrogens (primary N) is 1. The van der Waals surface area contributed by atoms with Gasteiger partial charge in [0.25, 0.3) is 0 Å². The van der Waals surface area contributed by atoms with Gasteiger partial charge in [0, 0.05) is 37.7 Å². The number of benzene rings is 1. The Morgan fingerprint density at radius 1 is 1.35 bits per heavy atom. The second-order valence-electron chi connectivity index (χ2n) is 5.19. The van der Waals surface area contributed by atoms with Crippen LogP contribution in [0.1, 0.15) is 11.1 Å². The molecule has 0 radical (unpaired) electrons. The molecule has 0 aliphatic carbocycles. The first kappa shape index (κ1) is 15.1. The molecule has 110 valence electrons. The molecule has 2 N–H and O–H groups in total. The first-order chi connectivity index (χ1) is 9.45. The number of likely N-dealkylation sites (N-methyl/N-ethyl adjacent to an activating group) is 1. The number of nitrogens with zero attached hydrogens (tertiary/aromatic N) is 2. The summed E-state index contributed by atoms with van der Waals surface area (Å²) >= 11 is 6.18. The van der Waals surface area contributed by atoms with Gasteiger partial charge >= 0.3 is 6.09 Å². The Kier molecular flexibility index (Phi) is 4.86. The first-order valence-corrected chi connectivity index (χ1v) is 7.00. The van der Waals surface area contributed by atoms with Crippen molar-refractivity contribution in [3.8, 4) is 5.75 Å². The number of hydrogen-bond donors (Lipinski definition) is 1. The normalized spacial score (nSPS) is 17.1. The van der Waals surface area contributed by atoms with Gasteiger partial charge in [0.2, 0.25) is 0 Å². The van der Waals surface area contributed by atoms with Gasteiger partial charge in [-0.25, -0.2) is 4.79 Å². The molecule has 0 spiro atoms. The Balaban J connectivity index is 2.13. The van der Waals surface area contributed by atoms with E-state index in [1.807, 2.05) is 13.0 Å². The molecule has 0 unspecified atom stereocenters. The third-order valence-electron chi connectivity index (χ3n) is 3.63. The zero-order valence-electron chi connectivity index (χ0n) is 11.9. The van der Waals surface area contributed by atoms with E-state index in [-0.39, 0.29) is 0 Å². The molecular weight excluding hydrogens is 278 g/mol. The van der Waals surface area contributed by atoms with Crippen LogP contribution >= 0.6 is 11.6 Å². The van der Waals surface area contributed by atoms with Gasteiger partial charge in [0.05, 0.1) is 0 Å². The molecular formula is C14H20ClN3O2. The van der Waals surface area contributed by atoms with Gasteiger partial charge in [0.1, 0.15) is 5.75 Å². The average molecular weight is 298 g/mol. The zero-order valence-corrected chi connectivity index (χ0v) is 12.6. The largest absolute Gasteiger partial charge is 0.410 e. The molecule has 1 heterocycles. The van der Waals surface area contributed by atoms with Crippen molar-refractivity contribution in [2.45, 2.75) is 13.5 Å². The maximum absolute atomic E-state index is 10.8. The summed E-state index contributed by atoms with van der Waals surface area (Å²) in [5.74, 6) is 0.400. The van der Waals surface area contributed by atoms with Gasteiger partial charge in [-0.2, -0.15) is 0 Å². The third-order valence-corrected chi connectivity index (χ3v) is 4.03. The highest BCUT2D eigenvalue weighted by molar-refractivity contribution is 6.31. The van der Waals surface area contributed by atoms with Crippen molar-refractivity contribution < 1.29 is 9.53 Å². The summed E-state index contributed by atoms with van der Waals surface area (Å²) in [5, 5.41) is 0.591. The lowest BCUT2D eigenvalue weighted by molar-refractivity contribution is 0.148. The van der Waals surface area contributed by atoms with Crippen LogP contribution in [0.3, 0.4) is 0 Å². The van der Waals surface area contributed by atoms with Crippen molar-refractivity contribution in [1.29, 1.82) is 0 Å². The molecule has 1 aliphatic heterocycles. The topological polar surface area (TPSA) is 58.8 Å². The minimum absolute atomic E-state index is 0.400. The highest BCUT2D eigenvalue weighted by atomic mass is 35.5. The second kappa shape index (κ2) is 6.43. The van der Waals surface area contributed by atoms with E-state index in [1.165, 1.54) is 0 Å². The molecule has 0 atom stereocenters. The number of amides is 1. The van der Waals surface area contributed by atoms with E-state index < -0.39 is 6.09 Å². The van der Waals surface area contributed by atoms with Crippen LogP contribution in [0.15, 0.2) is 12.1 Å². The maximum atomic E-state index is 10.8. The predicted molar refractivity (Wildman–Crippen MR) is 79.2 cm³/mol. The molecule has 0 bridgehead atoms. The minimum Gasteiger partial charge on any atom is -0.410 e. The first-order valence-electron chi connectivity index (χ1n) is 6.63. The summed E-state index contributed by atoms with van der Waals surface area (Å²) in [6.07, 6.45) is -0.824. The Bertz CT molecular complexity index is 499. The lowest BCUT2D eigenvalue weighted by atomic mass is 10.1. The van der Waals surface area contributed by atoms with Gasteiger partial charge in [-0.1, -0.05) is 11.6 Å². The van der Waals surface area contributed by atoms with Gasteiger partial charge in [-0.3, -0.25) is 4.90 Å². The average Bonchev–Trinajstić information content (AvgIpc) is 2.37. The molecule has 0 aromatic heterocycles. The molecule has 0 saturated carbocycles. The minimum atomic E-state index is -0.824. The third kappa shape index (κ3) is 3.85. The van der Waals surface area contributed by atoms with Crippen LogP contribution in [-0.4, -0.2) is 49.1 Å². The van der Waals surface area contributed by atoms with Crippen molar-refractivity contribution in [1.82, 2.24) is 9.80 Å². The van der Waals surface area contributed by atoms with E-state index in [0.29, 0.717) is 10.8 Å². The van der Waals surface area contributed by atoms with Gasteiger partial charge in [-0.05, 0) is 37.2 Å². The maximum Gasteiger partial charge on any atom is 0.409 e. The SMILES string of the molecule is Cc1c(Cl)cc(OC(N)=O)cc1CN1CCN(C)CC1. The number of rotatable bonds is 3. The zero-order chi connectivity index (χ0) is 14.7. The molecule has 20 heavy (non-hydrogen) atoms. The quantitative estimate of drug-likeness (QED) is 0.925. The molecule has 1 aliphatic rings. The van der Waals surface area contributed by atoms with Crippen molar-refractivity contribution in [3.63, 3.8) is 0 Å². The number of carbonyl (C=O) groups is 1. The smallest absolute Gasteiger partial charge is 0.409 e. The summed E-state index contributed by atoms with van der Waals surface area (Å²) in [5.41, 5.74) is 7.13. The fraction of sp³-hybridized carbons (Fsp3) is 0.500. The molecule has 5 nitrogen and oxygen atoms in total. The lowest BCUT2D eigenvalue weighted by Gasteiger charge is -2.32. The summed E-state index contributed by atoms with van der Waals surface area (Å²) in [6.45, 7) is 6.94. The van der Waals surface area contributed by atoms with Crippen molar-refractivity contribution in [3.05, 3.63) is 28.3 Å². The summed E-state index contributed by atoms with van der Waals surface area (Å²) < 4.78 is 4.92. The van der Waals surface area contributed by atoms with E-state index in [4.69, 9.17) is 22.1 Å². The van der Waals surface area contributed by atoms with Crippen molar-refractivity contribution >= 4 is 17.7 Å². The molecule has 1 aromatic carbocycles. The Morgan fingerprint density at radius 3 is 2.60 bits per heavy atom. The van der Waals surface area contributed by atoms with E-state index >= 15 is 0 Å². The van der Waals surface area contributed by atoms with Crippen LogP contribution in [0.25, 0.3) is 0 Å². The number of piperazine rings is 1. The monoisotopic (exact) mass is 297 g/mol. The summed E-state index contributed by atoms with van der Waals surface area (Å²) in [4.78, 5) is 15.5. The number of carbonyl (C=O) groups excluding carboxylic acids is 1. The number of hydrogen-bond acceptors (Lipinski definition) is 4. The molecule has 1 fully saturated rings. The van der Waals surface area contributed by atoms with Crippen LogP contribution in [0.4, 0.5) is 4.79 Å². The molecule has 1 aromatic rings. The Morgan fingerprint density at radius 2 is 2.00 bits per heavy atom. The van der Waals surface area contributed by atoms with Crippen LogP contribution in [-0.2, 0) is 6.54 Å². The Labute approximate surface area is 124 Å². The highest BCUT2D eigenvalue weighted by Gasteiger charge is 2.16. The summed E-state index contributed by atoms with van der Waals surface area (Å²) in [6, 6.07) is 3.46. The van der Waals surface area contributed by atoms with Crippen molar-refractivity contribution in [2.75, 3.05) is 33.2 Å². The molecule has 1 amide bonds. The standard InChI is InChI=1S/C14H20ClN3O2/c1-10-11(9-18-5-3-17(2)4-6-18)7-12(8-13(10)15)20-14(16)19/h7-8H,3-6,9H2,1-2H3,(H2,16,19). The Hall–Kier alpha value is -1.30. The van der Waals surface area contributed by atoms with Crippen LogP contribution in [0.2, 0.25) is 5.02 Å². The molecule has 6 heteroatoms. The second-order valence-corrected chi connectivity index (χ2v) is 5.60. The predicted octanol–water partition coefficient (Wildman–Crippen LogP) is 1.85. The van der Waals surface area contributed by atoms with Crippen molar-refractivity contribution in [2.24, 2.45) is 5.73 Å². The molecule has 2 rings (SSSR count). The van der Waals surface area contributed by atoms with E-state index in [9.17, 15) is 4.79 Å². The van der Waals surface area contributed by atoms with Crippen LogP contribution in [0, 0.1) is 6.92 Å². The fourth-order valence-corrected chi connectivity index (χ4v) is 2.52. The summed E-state index contributed by atoms with van der Waals surface area (Å²) in [7, 11) is 2.13. The van der Waals surface area contributed by atoms with Gasteiger partial charge in [-0.15, -0.1) is 0 Å². The number of halogens is 1. The van der Waals surface area contributed by atoms with Crippen LogP contribution in [0.5, 0.6) is 5.75 Å². The van der Waals surface area contributed by atoms with E-state index in [1.54, 1.807) is 6.07 Å². The van der Waals surface area contributed by atoms with Gasteiger partial charge in [0.15, 0.2) is 0 Å². The number of ether oxygens (including phenoxy) is 1. The lowest BCUT2D eigenvalue weighted by Crippen LogP contribution is -2.43. The highest BCUT2D eigenvalue weighted by Crippen LogP contribution is 2.27. The molecule has 1 saturated heterocycles. The van der Waals surface area contributed by atoms with E-state index in [0.717, 1.165) is 43.9 Å². The fourth-order valence-electron chi connectivity index (χ4n) is 2.29. The number of primary amides is 1. The van der Waals surface area contributed by atoms with Crippen LogP contribution < -0.4 is 10.5 Å². The van der Waals surface area contributed by atoms with E-state index in [2.05, 4.69) is 16.8 Å². The van der Waals surface area contributed by atoms with Gasteiger partial charge < -0.3 is 15.4 Å².